The average Bonchev–Trinajstić information content (AvgIpc) is 2.69. The molecule has 5 nitrogen and oxygen atoms in total. The van der Waals surface area contributed by atoms with Crippen LogP contribution in [0.2, 0.25) is 0 Å². The molecule has 0 saturated heterocycles. The van der Waals surface area contributed by atoms with Gasteiger partial charge in [-0.25, -0.2) is 9.78 Å². The van der Waals surface area contributed by atoms with E-state index in [4.69, 9.17) is 4.42 Å². The lowest BCUT2D eigenvalue weighted by atomic mass is 9.96. The molecule has 0 atom stereocenters. The zero-order chi connectivity index (χ0) is 13.7. The molecule has 1 heterocycles. The number of nitrogens with zero attached hydrogens (tertiary/aromatic N) is 1. The molecule has 1 fully saturated rings. The van der Waals surface area contributed by atoms with Gasteiger partial charge in [0.2, 0.25) is 0 Å². The topological polar surface area (TPSA) is 67.2 Å². The first-order chi connectivity index (χ1) is 9.15. The summed E-state index contributed by atoms with van der Waals surface area (Å²) in [6.07, 6.45) is 6.64. The summed E-state index contributed by atoms with van der Waals surface area (Å²) in [5.74, 6) is 1.54. The van der Waals surface area contributed by atoms with Gasteiger partial charge in [-0.1, -0.05) is 19.3 Å². The minimum absolute atomic E-state index is 0.0687. The highest BCUT2D eigenvalue weighted by Crippen LogP contribution is 2.17. The smallest absolute Gasteiger partial charge is 0.315 e. The van der Waals surface area contributed by atoms with Gasteiger partial charge in [-0.15, -0.1) is 0 Å². The fourth-order valence-electron chi connectivity index (χ4n) is 2.58. The third-order valence-corrected chi connectivity index (χ3v) is 3.58. The van der Waals surface area contributed by atoms with Crippen LogP contribution in [-0.4, -0.2) is 23.6 Å². The first-order valence-corrected chi connectivity index (χ1v) is 7.12. The number of carbonyl (C=O) groups is 1. The van der Waals surface area contributed by atoms with E-state index in [2.05, 4.69) is 15.6 Å². The molecule has 1 aliphatic carbocycles. The van der Waals surface area contributed by atoms with Crippen LogP contribution in [0.5, 0.6) is 0 Å². The summed E-state index contributed by atoms with van der Waals surface area (Å²) in [7, 11) is 0. The minimum atomic E-state index is -0.0687. The van der Waals surface area contributed by atoms with Crippen LogP contribution >= 0.6 is 0 Å². The van der Waals surface area contributed by atoms with Crippen LogP contribution in [0, 0.1) is 13.8 Å². The lowest BCUT2D eigenvalue weighted by molar-refractivity contribution is 0.232. The molecule has 2 amide bonds. The van der Waals surface area contributed by atoms with Crippen molar-refractivity contribution in [3.05, 3.63) is 17.3 Å². The maximum atomic E-state index is 11.7. The quantitative estimate of drug-likeness (QED) is 0.878. The molecule has 0 bridgehead atoms. The van der Waals surface area contributed by atoms with Crippen molar-refractivity contribution in [1.82, 2.24) is 15.6 Å². The number of rotatable bonds is 4. The summed E-state index contributed by atoms with van der Waals surface area (Å²) >= 11 is 0. The van der Waals surface area contributed by atoms with Gasteiger partial charge < -0.3 is 15.1 Å². The van der Waals surface area contributed by atoms with E-state index in [9.17, 15) is 4.79 Å². The van der Waals surface area contributed by atoms with Crippen molar-refractivity contribution in [2.45, 2.75) is 58.4 Å². The second-order valence-electron chi connectivity index (χ2n) is 5.23. The highest BCUT2D eigenvalue weighted by Gasteiger charge is 2.15. The van der Waals surface area contributed by atoms with Crippen molar-refractivity contribution in [1.29, 1.82) is 0 Å². The summed E-state index contributed by atoms with van der Waals surface area (Å²) in [6.45, 7) is 4.33. The van der Waals surface area contributed by atoms with Gasteiger partial charge in [0.15, 0.2) is 5.89 Å². The molecule has 0 radical (unpaired) electrons. The third-order valence-electron chi connectivity index (χ3n) is 3.58. The summed E-state index contributed by atoms with van der Waals surface area (Å²) in [5, 5.41) is 5.91. The van der Waals surface area contributed by atoms with Gasteiger partial charge >= 0.3 is 6.03 Å². The standard InChI is InChI=1S/C14H23N3O2/c1-10-13(19-11(2)16-10)8-9-15-14(18)17-12-6-4-3-5-7-12/h12H,3-9H2,1-2H3,(H2,15,17,18). The summed E-state index contributed by atoms with van der Waals surface area (Å²) in [4.78, 5) is 15.9. The number of carbonyl (C=O) groups excluding carboxylic acids is 1. The molecule has 1 aliphatic rings. The number of urea groups is 1. The Morgan fingerprint density at radius 3 is 2.68 bits per heavy atom. The molecule has 1 aromatic heterocycles. The van der Waals surface area contributed by atoms with Crippen LogP contribution in [0.1, 0.15) is 49.4 Å². The molecule has 0 unspecified atom stereocenters. The summed E-state index contributed by atoms with van der Waals surface area (Å²) in [5.41, 5.74) is 0.909. The molecule has 1 aromatic rings. The second kappa shape index (κ2) is 6.59. The number of aryl methyl sites for hydroxylation is 2. The molecule has 5 heteroatoms. The third kappa shape index (κ3) is 4.26. The lowest BCUT2D eigenvalue weighted by Gasteiger charge is -2.22. The van der Waals surface area contributed by atoms with E-state index < -0.39 is 0 Å². The SMILES string of the molecule is Cc1nc(C)c(CCNC(=O)NC2CCCCC2)o1. The number of aromatic nitrogens is 1. The van der Waals surface area contributed by atoms with Crippen LogP contribution in [0.3, 0.4) is 0 Å². The highest BCUT2D eigenvalue weighted by atomic mass is 16.4. The number of amides is 2. The van der Waals surface area contributed by atoms with Crippen molar-refractivity contribution < 1.29 is 9.21 Å². The summed E-state index contributed by atoms with van der Waals surface area (Å²) < 4.78 is 5.46. The van der Waals surface area contributed by atoms with Crippen molar-refractivity contribution in [2.75, 3.05) is 6.54 Å². The van der Waals surface area contributed by atoms with Gasteiger partial charge in [-0.3, -0.25) is 0 Å². The van der Waals surface area contributed by atoms with Gasteiger partial charge in [0.1, 0.15) is 5.76 Å². The molecule has 0 aromatic carbocycles. The monoisotopic (exact) mass is 265 g/mol. The summed E-state index contributed by atoms with van der Waals surface area (Å²) in [6, 6.07) is 0.281. The van der Waals surface area contributed by atoms with Crippen LogP contribution in [0.25, 0.3) is 0 Å². The normalized spacial score (nSPS) is 16.3. The van der Waals surface area contributed by atoms with E-state index in [0.717, 1.165) is 24.3 Å². The minimum Gasteiger partial charge on any atom is -0.446 e. The lowest BCUT2D eigenvalue weighted by Crippen LogP contribution is -2.43. The Morgan fingerprint density at radius 1 is 1.32 bits per heavy atom. The molecule has 2 N–H and O–H groups in total. The van der Waals surface area contributed by atoms with Crippen LogP contribution in [0.4, 0.5) is 4.79 Å². The number of hydrogen-bond acceptors (Lipinski definition) is 3. The fraction of sp³-hybridized carbons (Fsp3) is 0.714. The first-order valence-electron chi connectivity index (χ1n) is 7.12. The maximum Gasteiger partial charge on any atom is 0.315 e. The number of hydrogen-bond donors (Lipinski definition) is 2. The van der Waals surface area contributed by atoms with Gasteiger partial charge in [-0.2, -0.15) is 0 Å². The Labute approximate surface area is 114 Å². The van der Waals surface area contributed by atoms with Crippen LogP contribution < -0.4 is 10.6 Å². The van der Waals surface area contributed by atoms with Gasteiger partial charge in [-0.05, 0) is 19.8 Å². The Hall–Kier alpha value is -1.52. The molecule has 19 heavy (non-hydrogen) atoms. The molecule has 2 rings (SSSR count). The molecule has 0 aliphatic heterocycles. The van der Waals surface area contributed by atoms with Gasteiger partial charge in [0.05, 0.1) is 5.69 Å². The largest absolute Gasteiger partial charge is 0.446 e. The van der Waals surface area contributed by atoms with Crippen molar-refractivity contribution >= 4 is 6.03 Å². The van der Waals surface area contributed by atoms with E-state index in [1.165, 1.54) is 19.3 Å². The maximum absolute atomic E-state index is 11.7. The zero-order valence-corrected chi connectivity index (χ0v) is 11.8. The van der Waals surface area contributed by atoms with E-state index in [1.54, 1.807) is 0 Å². The van der Waals surface area contributed by atoms with Gasteiger partial charge in [0.25, 0.3) is 0 Å². The molecule has 106 valence electrons. The van der Waals surface area contributed by atoms with Crippen LogP contribution in [-0.2, 0) is 6.42 Å². The predicted molar refractivity (Wildman–Crippen MR) is 73.1 cm³/mol. The first kappa shape index (κ1) is 13.9. The Balaban J connectivity index is 1.67. The van der Waals surface area contributed by atoms with E-state index in [-0.39, 0.29) is 6.03 Å². The van der Waals surface area contributed by atoms with Crippen molar-refractivity contribution in [3.8, 4) is 0 Å². The molecule has 1 saturated carbocycles. The number of nitrogens with one attached hydrogen (secondary N) is 2. The fourth-order valence-corrected chi connectivity index (χ4v) is 2.58. The molecular weight excluding hydrogens is 242 g/mol. The van der Waals surface area contributed by atoms with Gasteiger partial charge in [0, 0.05) is 25.9 Å². The average molecular weight is 265 g/mol. The van der Waals surface area contributed by atoms with E-state index >= 15 is 0 Å². The Bertz CT molecular complexity index is 422. The van der Waals surface area contributed by atoms with Crippen LogP contribution in [0.15, 0.2) is 4.42 Å². The Kier molecular flexibility index (Phi) is 4.82. The molecular formula is C14H23N3O2. The second-order valence-corrected chi connectivity index (χ2v) is 5.23. The highest BCUT2D eigenvalue weighted by molar-refractivity contribution is 5.74. The number of oxazole rings is 1. The van der Waals surface area contributed by atoms with E-state index in [1.807, 2.05) is 13.8 Å². The van der Waals surface area contributed by atoms with E-state index in [0.29, 0.717) is 24.9 Å². The van der Waals surface area contributed by atoms with Crippen molar-refractivity contribution in [2.24, 2.45) is 0 Å². The predicted octanol–water partition coefficient (Wildman–Crippen LogP) is 2.47. The Morgan fingerprint density at radius 2 is 2.05 bits per heavy atom. The molecule has 0 spiro atoms. The zero-order valence-electron chi connectivity index (χ0n) is 11.8. The van der Waals surface area contributed by atoms with Crippen molar-refractivity contribution in [3.63, 3.8) is 0 Å².